The lowest BCUT2D eigenvalue weighted by molar-refractivity contribution is -0.111. The lowest BCUT2D eigenvalue weighted by atomic mass is 10.1. The lowest BCUT2D eigenvalue weighted by Gasteiger charge is -2.10. The molecule has 1 amide bonds. The first-order valence-electron chi connectivity index (χ1n) is 8.48. The number of benzene rings is 2. The number of amides is 1. The number of anilines is 1. The van der Waals surface area contributed by atoms with Gasteiger partial charge in [-0.05, 0) is 61.2 Å². The van der Waals surface area contributed by atoms with Crippen molar-refractivity contribution < 1.29 is 9.53 Å². The maximum atomic E-state index is 12.1. The molecule has 3 nitrogen and oxygen atoms in total. The van der Waals surface area contributed by atoms with Crippen molar-refractivity contribution in [3.63, 3.8) is 0 Å². The summed E-state index contributed by atoms with van der Waals surface area (Å²) in [7, 11) is 0. The van der Waals surface area contributed by atoms with Gasteiger partial charge in [0, 0.05) is 6.08 Å². The van der Waals surface area contributed by atoms with Crippen molar-refractivity contribution in [3.05, 3.63) is 64.2 Å². The minimum Gasteiger partial charge on any atom is -0.494 e. The predicted octanol–water partition coefficient (Wildman–Crippen LogP) is 5.79. The molecule has 0 radical (unpaired) electrons. The number of halogens is 1. The van der Waals surface area contributed by atoms with Crippen molar-refractivity contribution in [1.29, 1.82) is 0 Å². The fraction of sp³-hybridized carbons (Fsp3) is 0.286. The standard InChI is InChI=1S/C21H24ClNO2/c1-4-5-12-25-18-9-6-17(7-10-18)8-11-20(24)23-21-16(3)13-15(2)14-19(21)22/h6-11,13-14H,4-5,12H2,1-3H3,(H,23,24)/b11-8+. The van der Waals surface area contributed by atoms with Gasteiger partial charge in [-0.3, -0.25) is 4.79 Å². The van der Waals surface area contributed by atoms with Crippen LogP contribution >= 0.6 is 11.6 Å². The lowest BCUT2D eigenvalue weighted by Crippen LogP contribution is -2.09. The molecule has 2 aromatic carbocycles. The Morgan fingerprint density at radius 1 is 1.20 bits per heavy atom. The first-order chi connectivity index (χ1) is 12.0. The Morgan fingerprint density at radius 3 is 2.56 bits per heavy atom. The Hall–Kier alpha value is -2.26. The van der Waals surface area contributed by atoms with Crippen LogP contribution in [0, 0.1) is 13.8 Å². The highest BCUT2D eigenvalue weighted by atomic mass is 35.5. The van der Waals surface area contributed by atoms with E-state index in [1.807, 2.05) is 50.2 Å². The fourth-order valence-electron chi connectivity index (χ4n) is 2.42. The van der Waals surface area contributed by atoms with E-state index in [0.29, 0.717) is 10.7 Å². The van der Waals surface area contributed by atoms with Crippen LogP contribution in [0.3, 0.4) is 0 Å². The maximum Gasteiger partial charge on any atom is 0.248 e. The molecular weight excluding hydrogens is 334 g/mol. The highest BCUT2D eigenvalue weighted by molar-refractivity contribution is 6.34. The Morgan fingerprint density at radius 2 is 1.92 bits per heavy atom. The minimum absolute atomic E-state index is 0.211. The molecule has 25 heavy (non-hydrogen) atoms. The zero-order valence-electron chi connectivity index (χ0n) is 14.9. The number of nitrogens with one attached hydrogen (secondary N) is 1. The summed E-state index contributed by atoms with van der Waals surface area (Å²) in [6.45, 7) is 6.76. The predicted molar refractivity (Wildman–Crippen MR) is 105 cm³/mol. The van der Waals surface area contributed by atoms with Gasteiger partial charge in [0.1, 0.15) is 5.75 Å². The van der Waals surface area contributed by atoms with Crippen LogP contribution < -0.4 is 10.1 Å². The van der Waals surface area contributed by atoms with E-state index in [1.54, 1.807) is 6.08 Å². The molecule has 0 saturated heterocycles. The average molecular weight is 358 g/mol. The summed E-state index contributed by atoms with van der Waals surface area (Å²) in [4.78, 5) is 12.1. The molecule has 4 heteroatoms. The molecule has 132 valence electrons. The van der Waals surface area contributed by atoms with Crippen LogP contribution in [0.1, 0.15) is 36.5 Å². The van der Waals surface area contributed by atoms with E-state index in [0.717, 1.165) is 41.9 Å². The molecule has 0 aromatic heterocycles. The molecule has 0 aliphatic rings. The molecule has 0 unspecified atom stereocenters. The smallest absolute Gasteiger partial charge is 0.248 e. The molecule has 0 saturated carbocycles. The van der Waals surface area contributed by atoms with Crippen molar-refractivity contribution in [3.8, 4) is 5.75 Å². The van der Waals surface area contributed by atoms with Gasteiger partial charge in [-0.1, -0.05) is 43.1 Å². The third kappa shape index (κ3) is 5.95. The van der Waals surface area contributed by atoms with Gasteiger partial charge in [-0.2, -0.15) is 0 Å². The van der Waals surface area contributed by atoms with Crippen LogP contribution in [0.15, 0.2) is 42.5 Å². The Balaban J connectivity index is 1.96. The average Bonchev–Trinajstić information content (AvgIpc) is 2.57. The maximum absolute atomic E-state index is 12.1. The van der Waals surface area contributed by atoms with E-state index >= 15 is 0 Å². The van der Waals surface area contributed by atoms with Gasteiger partial charge in [0.15, 0.2) is 0 Å². The second-order valence-electron chi connectivity index (χ2n) is 6.03. The number of rotatable bonds is 7. The SMILES string of the molecule is CCCCOc1ccc(/C=C/C(=O)Nc2c(C)cc(C)cc2Cl)cc1. The van der Waals surface area contributed by atoms with Crippen LogP contribution in [0.2, 0.25) is 5.02 Å². The normalized spacial score (nSPS) is 10.9. The van der Waals surface area contributed by atoms with Gasteiger partial charge in [0.2, 0.25) is 5.91 Å². The van der Waals surface area contributed by atoms with Gasteiger partial charge in [0.05, 0.1) is 17.3 Å². The monoisotopic (exact) mass is 357 g/mol. The molecular formula is C21H24ClNO2. The third-order valence-electron chi connectivity index (χ3n) is 3.75. The second kappa shape index (κ2) is 9.28. The van der Waals surface area contributed by atoms with E-state index in [-0.39, 0.29) is 5.91 Å². The van der Waals surface area contributed by atoms with Gasteiger partial charge >= 0.3 is 0 Å². The van der Waals surface area contributed by atoms with Crippen molar-refractivity contribution in [1.82, 2.24) is 0 Å². The van der Waals surface area contributed by atoms with Gasteiger partial charge in [-0.15, -0.1) is 0 Å². The highest BCUT2D eigenvalue weighted by Gasteiger charge is 2.07. The summed E-state index contributed by atoms with van der Waals surface area (Å²) in [6, 6.07) is 11.5. The number of ether oxygens (including phenoxy) is 1. The molecule has 0 spiro atoms. The number of unbranched alkanes of at least 4 members (excludes halogenated alkanes) is 1. The molecule has 2 aromatic rings. The molecule has 0 heterocycles. The topological polar surface area (TPSA) is 38.3 Å². The molecule has 0 fully saturated rings. The van der Waals surface area contributed by atoms with Gasteiger partial charge in [0.25, 0.3) is 0 Å². The van der Waals surface area contributed by atoms with Crippen LogP contribution in [-0.4, -0.2) is 12.5 Å². The Bertz CT molecular complexity index is 728. The number of carbonyl (C=O) groups is 1. The summed E-state index contributed by atoms with van der Waals surface area (Å²) in [5.41, 5.74) is 3.60. The first kappa shape index (κ1) is 19.1. The van der Waals surface area contributed by atoms with E-state index in [2.05, 4.69) is 12.2 Å². The summed E-state index contributed by atoms with van der Waals surface area (Å²) in [5, 5.41) is 3.39. The second-order valence-corrected chi connectivity index (χ2v) is 6.44. The van der Waals surface area contributed by atoms with E-state index < -0.39 is 0 Å². The molecule has 0 aliphatic carbocycles. The van der Waals surface area contributed by atoms with Crippen LogP contribution in [-0.2, 0) is 4.79 Å². The largest absolute Gasteiger partial charge is 0.494 e. The Labute approximate surface area is 154 Å². The number of carbonyl (C=O) groups excluding carboxylic acids is 1. The van der Waals surface area contributed by atoms with Gasteiger partial charge in [-0.25, -0.2) is 0 Å². The van der Waals surface area contributed by atoms with E-state index in [1.165, 1.54) is 6.08 Å². The zero-order chi connectivity index (χ0) is 18.2. The molecule has 0 bridgehead atoms. The van der Waals surface area contributed by atoms with E-state index in [9.17, 15) is 4.79 Å². The third-order valence-corrected chi connectivity index (χ3v) is 4.05. The molecule has 0 aliphatic heterocycles. The number of hydrogen-bond acceptors (Lipinski definition) is 2. The summed E-state index contributed by atoms with van der Waals surface area (Å²) >= 11 is 6.21. The summed E-state index contributed by atoms with van der Waals surface area (Å²) in [5.74, 6) is 0.634. The van der Waals surface area contributed by atoms with Crippen LogP contribution in [0.25, 0.3) is 6.08 Å². The molecule has 2 rings (SSSR count). The quantitative estimate of drug-likeness (QED) is 0.503. The van der Waals surface area contributed by atoms with Crippen molar-refractivity contribution in [2.24, 2.45) is 0 Å². The molecule has 1 N–H and O–H groups in total. The van der Waals surface area contributed by atoms with Crippen molar-refractivity contribution in [2.45, 2.75) is 33.6 Å². The van der Waals surface area contributed by atoms with Crippen LogP contribution in [0.5, 0.6) is 5.75 Å². The van der Waals surface area contributed by atoms with Gasteiger partial charge < -0.3 is 10.1 Å². The summed E-state index contributed by atoms with van der Waals surface area (Å²) in [6.07, 6.45) is 5.42. The first-order valence-corrected chi connectivity index (χ1v) is 8.86. The van der Waals surface area contributed by atoms with Crippen molar-refractivity contribution >= 4 is 29.3 Å². The van der Waals surface area contributed by atoms with E-state index in [4.69, 9.17) is 16.3 Å². The zero-order valence-corrected chi connectivity index (χ0v) is 15.7. The minimum atomic E-state index is -0.211. The van der Waals surface area contributed by atoms with Crippen molar-refractivity contribution in [2.75, 3.05) is 11.9 Å². The number of hydrogen-bond donors (Lipinski definition) is 1. The Kier molecular flexibility index (Phi) is 7.08. The van der Waals surface area contributed by atoms with Crippen LogP contribution in [0.4, 0.5) is 5.69 Å². The number of aryl methyl sites for hydroxylation is 2. The molecule has 0 atom stereocenters. The highest BCUT2D eigenvalue weighted by Crippen LogP contribution is 2.27. The fourth-order valence-corrected chi connectivity index (χ4v) is 2.79. The summed E-state index contributed by atoms with van der Waals surface area (Å²) < 4.78 is 5.62.